The SMILES string of the molecule is C[C@@H](Sc1ncnc2scc(-c3ccc(F)cc3)c12)C(=O)Nc1sccc1C(N)=O. The fourth-order valence-electron chi connectivity index (χ4n) is 2.81. The van der Waals surface area contributed by atoms with Gasteiger partial charge in [0.05, 0.1) is 16.2 Å². The van der Waals surface area contributed by atoms with E-state index in [1.165, 1.54) is 52.9 Å². The Bertz CT molecular complexity index is 1240. The van der Waals surface area contributed by atoms with Gasteiger partial charge in [0.1, 0.15) is 27.0 Å². The highest BCUT2D eigenvalue weighted by atomic mass is 32.2. The number of primary amides is 1. The van der Waals surface area contributed by atoms with E-state index in [2.05, 4.69) is 15.3 Å². The summed E-state index contributed by atoms with van der Waals surface area (Å²) in [5, 5.41) is 7.82. The number of thioether (sulfide) groups is 1. The van der Waals surface area contributed by atoms with Gasteiger partial charge < -0.3 is 11.1 Å². The summed E-state index contributed by atoms with van der Waals surface area (Å²) in [6, 6.07) is 7.80. The molecule has 152 valence electrons. The van der Waals surface area contributed by atoms with E-state index in [0.29, 0.717) is 10.0 Å². The second-order valence-corrected chi connectivity index (χ2v) is 9.40. The number of carbonyl (C=O) groups excluding carboxylic acids is 2. The normalized spacial score (nSPS) is 12.1. The molecule has 3 N–H and O–H groups in total. The molecule has 0 unspecified atom stereocenters. The molecular formula is C20H15FN4O2S3. The van der Waals surface area contributed by atoms with E-state index in [4.69, 9.17) is 5.73 Å². The maximum Gasteiger partial charge on any atom is 0.251 e. The van der Waals surface area contributed by atoms with Gasteiger partial charge in [0.25, 0.3) is 5.91 Å². The molecule has 0 saturated heterocycles. The van der Waals surface area contributed by atoms with E-state index in [0.717, 1.165) is 21.3 Å². The number of fused-ring (bicyclic) bond motifs is 1. The van der Waals surface area contributed by atoms with Crippen LogP contribution in [0.25, 0.3) is 21.3 Å². The summed E-state index contributed by atoms with van der Waals surface area (Å²) in [7, 11) is 0. The lowest BCUT2D eigenvalue weighted by molar-refractivity contribution is -0.115. The zero-order valence-corrected chi connectivity index (χ0v) is 18.0. The van der Waals surface area contributed by atoms with Gasteiger partial charge in [-0.25, -0.2) is 14.4 Å². The van der Waals surface area contributed by atoms with Crippen LogP contribution < -0.4 is 11.1 Å². The highest BCUT2D eigenvalue weighted by Gasteiger charge is 2.21. The van der Waals surface area contributed by atoms with Gasteiger partial charge in [-0.1, -0.05) is 23.9 Å². The van der Waals surface area contributed by atoms with Crippen LogP contribution >= 0.6 is 34.4 Å². The van der Waals surface area contributed by atoms with E-state index >= 15 is 0 Å². The molecule has 0 bridgehead atoms. The lowest BCUT2D eigenvalue weighted by atomic mass is 10.1. The maximum absolute atomic E-state index is 13.3. The van der Waals surface area contributed by atoms with Crippen molar-refractivity contribution in [2.24, 2.45) is 5.73 Å². The Morgan fingerprint density at radius 3 is 2.67 bits per heavy atom. The van der Waals surface area contributed by atoms with Crippen LogP contribution in [-0.2, 0) is 4.79 Å². The Kier molecular flexibility index (Phi) is 5.80. The summed E-state index contributed by atoms with van der Waals surface area (Å²) in [5.74, 6) is -1.17. The van der Waals surface area contributed by atoms with Crippen LogP contribution in [0.2, 0.25) is 0 Å². The summed E-state index contributed by atoms with van der Waals surface area (Å²) >= 11 is 3.99. The van der Waals surface area contributed by atoms with Gasteiger partial charge in [0, 0.05) is 10.9 Å². The number of aromatic nitrogens is 2. The van der Waals surface area contributed by atoms with Gasteiger partial charge in [0.2, 0.25) is 5.91 Å². The van der Waals surface area contributed by atoms with E-state index in [9.17, 15) is 14.0 Å². The predicted octanol–water partition coefficient (Wildman–Crippen LogP) is 4.78. The Hall–Kier alpha value is -2.82. The molecule has 1 aromatic carbocycles. The molecule has 0 aliphatic heterocycles. The van der Waals surface area contributed by atoms with Gasteiger partial charge in [0.15, 0.2) is 0 Å². The number of thiophene rings is 2. The summed E-state index contributed by atoms with van der Waals surface area (Å²) in [6.07, 6.45) is 1.46. The van der Waals surface area contributed by atoms with Crippen LogP contribution in [0.1, 0.15) is 17.3 Å². The molecule has 3 heterocycles. The quantitative estimate of drug-likeness (QED) is 0.320. The number of anilines is 1. The molecule has 1 atom stereocenters. The standard InChI is InChI=1S/C20H15FN4O2S3/c1-10(17(27)25-18-13(16(22)26)6-7-28-18)30-20-15-14(8-29-19(15)23-9-24-20)11-2-4-12(21)5-3-11/h2-10H,1H3,(H2,22,26)(H,25,27)/t10-/m1/s1. The molecule has 4 rings (SSSR count). The summed E-state index contributed by atoms with van der Waals surface area (Å²) in [5.41, 5.74) is 7.36. The smallest absolute Gasteiger partial charge is 0.251 e. The first-order valence-corrected chi connectivity index (χ1v) is 11.4. The highest BCUT2D eigenvalue weighted by molar-refractivity contribution is 8.00. The summed E-state index contributed by atoms with van der Waals surface area (Å²) in [6.45, 7) is 1.76. The molecule has 0 radical (unpaired) electrons. The average Bonchev–Trinajstić information content (AvgIpc) is 3.36. The molecule has 0 saturated carbocycles. The van der Waals surface area contributed by atoms with E-state index in [1.54, 1.807) is 30.5 Å². The van der Waals surface area contributed by atoms with Gasteiger partial charge in [-0.15, -0.1) is 22.7 Å². The van der Waals surface area contributed by atoms with Crippen molar-refractivity contribution < 1.29 is 14.0 Å². The molecule has 30 heavy (non-hydrogen) atoms. The molecule has 6 nitrogen and oxygen atoms in total. The largest absolute Gasteiger partial charge is 0.366 e. The molecular weight excluding hydrogens is 443 g/mol. The van der Waals surface area contributed by atoms with Crippen LogP contribution in [0.4, 0.5) is 9.39 Å². The first kappa shape index (κ1) is 20.5. The van der Waals surface area contributed by atoms with Crippen molar-refractivity contribution in [1.29, 1.82) is 0 Å². The second-order valence-electron chi connectivity index (χ2n) is 6.29. The van der Waals surface area contributed by atoms with Crippen LogP contribution in [-0.4, -0.2) is 27.0 Å². The monoisotopic (exact) mass is 458 g/mol. The van der Waals surface area contributed by atoms with Crippen molar-refractivity contribution in [1.82, 2.24) is 9.97 Å². The number of carbonyl (C=O) groups is 2. The van der Waals surface area contributed by atoms with Crippen molar-refractivity contribution in [3.8, 4) is 11.1 Å². The lowest BCUT2D eigenvalue weighted by Gasteiger charge is -2.12. The molecule has 10 heteroatoms. The zero-order chi connectivity index (χ0) is 21.3. The summed E-state index contributed by atoms with van der Waals surface area (Å²) < 4.78 is 13.3. The minimum Gasteiger partial charge on any atom is -0.366 e. The topological polar surface area (TPSA) is 98.0 Å². The molecule has 3 aromatic heterocycles. The lowest BCUT2D eigenvalue weighted by Crippen LogP contribution is -2.23. The van der Waals surface area contributed by atoms with Crippen molar-refractivity contribution >= 4 is 61.5 Å². The Balaban J connectivity index is 1.61. The number of nitrogens with zero attached hydrogens (tertiary/aromatic N) is 2. The number of hydrogen-bond donors (Lipinski definition) is 2. The first-order chi connectivity index (χ1) is 14.4. The van der Waals surface area contributed by atoms with Crippen molar-refractivity contribution in [3.05, 3.63) is 58.8 Å². The van der Waals surface area contributed by atoms with Crippen molar-refractivity contribution in [2.45, 2.75) is 17.2 Å². The van der Waals surface area contributed by atoms with E-state index in [-0.39, 0.29) is 17.3 Å². The Labute approximate surface area is 183 Å². The van der Waals surface area contributed by atoms with Crippen LogP contribution in [0.3, 0.4) is 0 Å². The maximum atomic E-state index is 13.3. The fourth-order valence-corrected chi connectivity index (χ4v) is 5.52. The fraction of sp³-hybridized carbons (Fsp3) is 0.100. The predicted molar refractivity (Wildman–Crippen MR) is 120 cm³/mol. The van der Waals surface area contributed by atoms with Crippen molar-refractivity contribution in [3.63, 3.8) is 0 Å². The van der Waals surface area contributed by atoms with Gasteiger partial charge >= 0.3 is 0 Å². The number of nitrogens with two attached hydrogens (primary N) is 1. The average molecular weight is 459 g/mol. The minimum absolute atomic E-state index is 0.268. The third-order valence-corrected chi connectivity index (χ3v) is 7.13. The highest BCUT2D eigenvalue weighted by Crippen LogP contribution is 2.39. The molecule has 0 aliphatic rings. The van der Waals surface area contributed by atoms with Gasteiger partial charge in [-0.3, -0.25) is 9.59 Å². The van der Waals surface area contributed by atoms with Crippen LogP contribution in [0.5, 0.6) is 0 Å². The summed E-state index contributed by atoms with van der Waals surface area (Å²) in [4.78, 5) is 33.7. The van der Waals surface area contributed by atoms with Crippen LogP contribution in [0, 0.1) is 5.82 Å². The molecule has 0 fully saturated rings. The Morgan fingerprint density at radius 1 is 1.17 bits per heavy atom. The second kappa shape index (κ2) is 8.50. The number of rotatable bonds is 6. The number of halogens is 1. The van der Waals surface area contributed by atoms with E-state index < -0.39 is 11.2 Å². The number of hydrogen-bond acceptors (Lipinski definition) is 7. The molecule has 4 aromatic rings. The minimum atomic E-state index is -0.591. The third kappa shape index (κ3) is 4.07. The van der Waals surface area contributed by atoms with Crippen LogP contribution in [0.15, 0.2) is 52.4 Å². The number of amides is 2. The first-order valence-electron chi connectivity index (χ1n) is 8.77. The molecule has 2 amide bonds. The van der Waals surface area contributed by atoms with Gasteiger partial charge in [-0.05, 0) is 36.1 Å². The third-order valence-electron chi connectivity index (χ3n) is 4.32. The molecule has 0 spiro atoms. The van der Waals surface area contributed by atoms with Crippen molar-refractivity contribution in [2.75, 3.05) is 5.32 Å². The number of benzene rings is 1. The Morgan fingerprint density at radius 2 is 1.93 bits per heavy atom. The number of nitrogens with one attached hydrogen (secondary N) is 1. The zero-order valence-electron chi connectivity index (χ0n) is 15.6. The molecule has 0 aliphatic carbocycles. The van der Waals surface area contributed by atoms with Gasteiger partial charge in [-0.2, -0.15) is 0 Å². The van der Waals surface area contributed by atoms with E-state index in [1.807, 2.05) is 5.38 Å².